The number of fused-ring (bicyclic) bond motifs is 2. The molecule has 1 aliphatic carbocycles. The Morgan fingerprint density at radius 3 is 2.74 bits per heavy atom. The highest BCUT2D eigenvalue weighted by Crippen LogP contribution is 2.39. The Labute approximate surface area is 232 Å². The third-order valence-corrected chi connectivity index (χ3v) is 9.94. The summed E-state index contributed by atoms with van der Waals surface area (Å²) in [5.41, 5.74) is 3.14. The number of anilines is 2. The van der Waals surface area contributed by atoms with Crippen LogP contribution >= 0.6 is 11.3 Å². The summed E-state index contributed by atoms with van der Waals surface area (Å²) >= 11 is 1.36. The first-order valence-electron chi connectivity index (χ1n) is 13.0. The molecule has 0 saturated heterocycles. The van der Waals surface area contributed by atoms with Crippen LogP contribution in [-0.2, 0) is 32.4 Å². The van der Waals surface area contributed by atoms with Gasteiger partial charge in [0.25, 0.3) is 15.9 Å². The summed E-state index contributed by atoms with van der Waals surface area (Å²) in [6.45, 7) is 4.21. The summed E-state index contributed by atoms with van der Waals surface area (Å²) in [6.07, 6.45) is 3.70. The number of thiazole rings is 1. The first kappa shape index (κ1) is 27.1. The number of sulfonamides is 1. The van der Waals surface area contributed by atoms with Gasteiger partial charge in [0.05, 0.1) is 25.1 Å². The van der Waals surface area contributed by atoms with Crippen LogP contribution in [0.2, 0.25) is 0 Å². The number of carbonyl (C=O) groups excluding carboxylic acids is 2. The van der Waals surface area contributed by atoms with Crippen molar-refractivity contribution in [2.24, 2.45) is 0 Å². The average Bonchev–Trinajstić information content (AvgIpc) is 3.34. The summed E-state index contributed by atoms with van der Waals surface area (Å²) < 4.78 is 39.5. The zero-order chi connectivity index (χ0) is 27.7. The van der Waals surface area contributed by atoms with Gasteiger partial charge in [-0.1, -0.05) is 12.1 Å². The van der Waals surface area contributed by atoms with E-state index in [-0.39, 0.29) is 16.6 Å². The van der Waals surface area contributed by atoms with Crippen LogP contribution in [0.4, 0.5) is 10.8 Å². The number of benzene rings is 2. The van der Waals surface area contributed by atoms with Crippen molar-refractivity contribution < 1.29 is 27.5 Å². The molecule has 1 unspecified atom stereocenters. The molecule has 1 amide bonds. The van der Waals surface area contributed by atoms with E-state index in [4.69, 9.17) is 9.47 Å². The molecule has 9 nitrogen and oxygen atoms in total. The van der Waals surface area contributed by atoms with E-state index in [1.54, 1.807) is 37.3 Å². The van der Waals surface area contributed by atoms with Gasteiger partial charge in [-0.3, -0.25) is 19.2 Å². The second-order valence-electron chi connectivity index (χ2n) is 9.66. The predicted molar refractivity (Wildman–Crippen MR) is 149 cm³/mol. The van der Waals surface area contributed by atoms with Crippen molar-refractivity contribution in [2.75, 3.05) is 29.9 Å². The molecular weight excluding hydrogens is 538 g/mol. The fourth-order valence-corrected chi connectivity index (χ4v) is 7.99. The minimum Gasteiger partial charge on any atom is -0.495 e. The van der Waals surface area contributed by atoms with E-state index >= 15 is 0 Å². The van der Waals surface area contributed by atoms with Crippen LogP contribution in [0.3, 0.4) is 0 Å². The Kier molecular flexibility index (Phi) is 7.64. The number of esters is 1. The van der Waals surface area contributed by atoms with Gasteiger partial charge in [0, 0.05) is 17.0 Å². The molecular formula is C28H31N3O6S2. The number of aryl methyl sites for hydroxylation is 3. The molecule has 0 fully saturated rings. The number of rotatable bonds is 7. The van der Waals surface area contributed by atoms with E-state index in [0.29, 0.717) is 54.5 Å². The Morgan fingerprint density at radius 1 is 1.15 bits per heavy atom. The van der Waals surface area contributed by atoms with Crippen molar-refractivity contribution in [3.63, 3.8) is 0 Å². The van der Waals surface area contributed by atoms with Crippen LogP contribution in [-0.4, -0.2) is 45.5 Å². The van der Waals surface area contributed by atoms with Crippen molar-refractivity contribution in [1.82, 2.24) is 4.98 Å². The Balaban J connectivity index is 1.43. The van der Waals surface area contributed by atoms with Gasteiger partial charge in [0.2, 0.25) is 0 Å². The molecule has 39 heavy (non-hydrogen) atoms. The lowest BCUT2D eigenvalue weighted by Crippen LogP contribution is -2.36. The molecule has 0 radical (unpaired) electrons. The molecule has 1 aliphatic heterocycles. The number of aromatic nitrogens is 1. The molecule has 11 heteroatoms. The van der Waals surface area contributed by atoms with Crippen LogP contribution in [0.1, 0.15) is 64.2 Å². The van der Waals surface area contributed by atoms with Gasteiger partial charge in [-0.05, 0) is 81.3 Å². The smallest absolute Gasteiger partial charge is 0.315 e. The molecule has 0 saturated carbocycles. The molecule has 5 rings (SSSR count). The van der Waals surface area contributed by atoms with E-state index in [9.17, 15) is 18.0 Å². The van der Waals surface area contributed by atoms with Gasteiger partial charge in [-0.15, -0.1) is 11.3 Å². The summed E-state index contributed by atoms with van der Waals surface area (Å²) in [5.74, 6) is -0.831. The number of ether oxygens (including phenoxy) is 2. The van der Waals surface area contributed by atoms with E-state index in [0.717, 1.165) is 28.8 Å². The summed E-state index contributed by atoms with van der Waals surface area (Å²) in [7, 11) is -2.49. The molecule has 1 atom stereocenters. The lowest BCUT2D eigenvalue weighted by molar-refractivity contribution is -0.145. The number of amides is 1. The zero-order valence-corrected chi connectivity index (χ0v) is 23.8. The fraction of sp³-hybridized carbons (Fsp3) is 0.393. The average molecular weight is 570 g/mol. The molecule has 206 valence electrons. The first-order valence-corrected chi connectivity index (χ1v) is 15.3. The fourth-order valence-electron chi connectivity index (χ4n) is 5.15. The predicted octanol–water partition coefficient (Wildman–Crippen LogP) is 4.84. The van der Waals surface area contributed by atoms with Crippen LogP contribution in [0.25, 0.3) is 0 Å². The lowest BCUT2D eigenvalue weighted by Gasteiger charge is -2.31. The van der Waals surface area contributed by atoms with Crippen molar-refractivity contribution in [3.05, 3.63) is 63.7 Å². The number of hydrogen-bond acceptors (Lipinski definition) is 8. The number of nitrogens with zero attached hydrogens (tertiary/aromatic N) is 2. The van der Waals surface area contributed by atoms with Gasteiger partial charge in [0.15, 0.2) is 5.13 Å². The van der Waals surface area contributed by atoms with Crippen LogP contribution in [0.5, 0.6) is 5.75 Å². The third kappa shape index (κ3) is 5.25. The van der Waals surface area contributed by atoms with Gasteiger partial charge in [0.1, 0.15) is 16.6 Å². The zero-order valence-electron chi connectivity index (χ0n) is 22.2. The first-order chi connectivity index (χ1) is 18.7. The van der Waals surface area contributed by atoms with Gasteiger partial charge in [-0.25, -0.2) is 13.4 Å². The van der Waals surface area contributed by atoms with Crippen molar-refractivity contribution in [2.45, 2.75) is 56.8 Å². The second-order valence-corrected chi connectivity index (χ2v) is 12.6. The van der Waals surface area contributed by atoms with E-state index in [2.05, 4.69) is 10.3 Å². The lowest BCUT2D eigenvalue weighted by atomic mass is 9.91. The van der Waals surface area contributed by atoms with Gasteiger partial charge >= 0.3 is 5.97 Å². The van der Waals surface area contributed by atoms with E-state index < -0.39 is 21.8 Å². The molecule has 2 aliphatic rings. The summed E-state index contributed by atoms with van der Waals surface area (Å²) in [4.78, 5) is 31.3. The monoisotopic (exact) mass is 569 g/mol. The van der Waals surface area contributed by atoms with E-state index in [1.807, 2.05) is 13.0 Å². The normalized spacial score (nSPS) is 16.7. The van der Waals surface area contributed by atoms with Gasteiger partial charge < -0.3 is 9.47 Å². The second kappa shape index (κ2) is 11.0. The molecule has 1 aromatic heterocycles. The van der Waals surface area contributed by atoms with Crippen LogP contribution in [0, 0.1) is 6.92 Å². The third-order valence-electron chi connectivity index (χ3n) is 7.06. The maximum atomic E-state index is 13.8. The highest BCUT2D eigenvalue weighted by atomic mass is 32.2. The van der Waals surface area contributed by atoms with Crippen LogP contribution < -0.4 is 14.4 Å². The standard InChI is InChI=1S/C28H31N3O6S2/c1-4-37-27(33)20-8-5-9-23-25(20)29-28(38-23)30-26(32)19-12-11-18-7-6-14-31(21(18)16-19)39(34,35)24-15-17(2)10-13-22(24)36-3/h10-13,15-16,20H,4-9,14H2,1-3H3,(H,29,30,32). The molecule has 3 aromatic rings. The maximum Gasteiger partial charge on any atom is 0.315 e. The minimum absolute atomic E-state index is 0.0947. The largest absolute Gasteiger partial charge is 0.495 e. The SMILES string of the molecule is CCOC(=O)C1CCCc2sc(NC(=O)c3ccc4c(c3)N(S(=O)(=O)c3cc(C)ccc3OC)CCC4)nc21. The van der Waals surface area contributed by atoms with Crippen LogP contribution in [0.15, 0.2) is 41.3 Å². The number of hydrogen-bond donors (Lipinski definition) is 1. The highest BCUT2D eigenvalue weighted by molar-refractivity contribution is 7.93. The summed E-state index contributed by atoms with van der Waals surface area (Å²) in [5, 5.41) is 3.26. The minimum atomic E-state index is -3.94. The number of carbonyl (C=O) groups is 2. The van der Waals surface area contributed by atoms with Crippen molar-refractivity contribution >= 4 is 44.1 Å². The Bertz CT molecular complexity index is 1530. The van der Waals surface area contributed by atoms with Crippen molar-refractivity contribution in [1.29, 1.82) is 0 Å². The number of nitrogens with one attached hydrogen (secondary N) is 1. The summed E-state index contributed by atoms with van der Waals surface area (Å²) in [6, 6.07) is 10.2. The Morgan fingerprint density at radius 2 is 1.97 bits per heavy atom. The van der Waals surface area contributed by atoms with Crippen molar-refractivity contribution in [3.8, 4) is 5.75 Å². The molecule has 1 N–H and O–H groups in total. The molecule has 0 bridgehead atoms. The molecule has 2 heterocycles. The highest BCUT2D eigenvalue weighted by Gasteiger charge is 2.33. The van der Waals surface area contributed by atoms with Gasteiger partial charge in [-0.2, -0.15) is 0 Å². The maximum absolute atomic E-state index is 13.8. The Hall–Kier alpha value is -3.44. The quantitative estimate of drug-likeness (QED) is 0.405. The topological polar surface area (TPSA) is 115 Å². The molecule has 2 aromatic carbocycles. The molecule has 0 spiro atoms. The van der Waals surface area contributed by atoms with E-state index in [1.165, 1.54) is 22.8 Å². The number of methoxy groups -OCH3 is 1.